The van der Waals surface area contributed by atoms with Gasteiger partial charge in [0.25, 0.3) is 11.6 Å². The van der Waals surface area contributed by atoms with E-state index < -0.39 is 4.92 Å². The van der Waals surface area contributed by atoms with E-state index in [1.165, 1.54) is 23.9 Å². The highest BCUT2D eigenvalue weighted by Gasteiger charge is 2.29. The summed E-state index contributed by atoms with van der Waals surface area (Å²) in [7, 11) is 0. The fourth-order valence-corrected chi connectivity index (χ4v) is 5.04. The van der Waals surface area contributed by atoms with Crippen molar-refractivity contribution in [1.29, 1.82) is 0 Å². The molecule has 1 saturated heterocycles. The van der Waals surface area contributed by atoms with Gasteiger partial charge in [0.15, 0.2) is 5.17 Å². The number of piperazine rings is 1. The van der Waals surface area contributed by atoms with E-state index in [-0.39, 0.29) is 11.6 Å². The van der Waals surface area contributed by atoms with Crippen LogP contribution < -0.4 is 9.64 Å². The van der Waals surface area contributed by atoms with Gasteiger partial charge in [-0.15, -0.1) is 0 Å². The number of nitrogens with zero attached hydrogens (tertiary/aromatic N) is 4. The molecule has 0 spiro atoms. The quantitative estimate of drug-likeness (QED) is 0.268. The maximum Gasteiger partial charge on any atom is 0.286 e. The van der Waals surface area contributed by atoms with E-state index in [2.05, 4.69) is 14.8 Å². The standard InChI is InChI=1S/C27H24N4O4S/c32-26-25(18-21-8-4-5-9-24(21)35-19-20-6-2-1-3-7-20)36-27(28-26)30-16-14-29(15-17-30)22-10-12-23(13-11-22)31(33)34/h1-13,18H,14-17,19H2/b25-18+. The zero-order chi connectivity index (χ0) is 24.9. The van der Waals surface area contributed by atoms with Crippen molar-refractivity contribution < 1.29 is 14.5 Å². The highest BCUT2D eigenvalue weighted by molar-refractivity contribution is 8.18. The van der Waals surface area contributed by atoms with Crippen LogP contribution in [0, 0.1) is 10.1 Å². The van der Waals surface area contributed by atoms with Gasteiger partial charge >= 0.3 is 0 Å². The largest absolute Gasteiger partial charge is 0.488 e. The minimum atomic E-state index is -0.396. The SMILES string of the molecule is O=C1N=C(N2CCN(c3ccc([N+](=O)[O-])cc3)CC2)S/C1=C/c1ccccc1OCc1ccccc1. The first-order valence-electron chi connectivity index (χ1n) is 11.6. The van der Waals surface area contributed by atoms with Gasteiger partial charge in [0.05, 0.1) is 9.83 Å². The number of ether oxygens (including phenoxy) is 1. The van der Waals surface area contributed by atoms with Gasteiger partial charge in [-0.2, -0.15) is 4.99 Å². The second kappa shape index (κ2) is 10.7. The van der Waals surface area contributed by atoms with Crippen LogP contribution in [0.2, 0.25) is 0 Å². The molecule has 3 aromatic rings. The number of para-hydroxylation sites is 1. The topological polar surface area (TPSA) is 88.3 Å². The van der Waals surface area contributed by atoms with Crippen LogP contribution in [0.25, 0.3) is 6.08 Å². The first-order chi connectivity index (χ1) is 17.6. The minimum absolute atomic E-state index is 0.0824. The average molecular weight is 501 g/mol. The van der Waals surface area contributed by atoms with Gasteiger partial charge in [-0.1, -0.05) is 48.5 Å². The molecule has 9 heteroatoms. The number of amidine groups is 1. The highest BCUT2D eigenvalue weighted by atomic mass is 32.2. The Labute approximate surface area is 213 Å². The second-order valence-electron chi connectivity index (χ2n) is 8.37. The summed E-state index contributed by atoms with van der Waals surface area (Å²) in [6.45, 7) is 3.34. The van der Waals surface area contributed by atoms with E-state index in [1.54, 1.807) is 12.1 Å². The summed E-state index contributed by atoms with van der Waals surface area (Å²) < 4.78 is 6.03. The highest BCUT2D eigenvalue weighted by Crippen LogP contribution is 2.33. The number of anilines is 1. The van der Waals surface area contributed by atoms with Crippen LogP contribution in [0.4, 0.5) is 11.4 Å². The molecular formula is C27H24N4O4S. The predicted octanol–water partition coefficient (Wildman–Crippen LogP) is 4.97. The number of nitro benzene ring substituents is 1. The number of nitro groups is 1. The lowest BCUT2D eigenvalue weighted by atomic mass is 10.2. The summed E-state index contributed by atoms with van der Waals surface area (Å²) in [6.07, 6.45) is 1.84. The Morgan fingerprint density at radius 3 is 2.31 bits per heavy atom. The van der Waals surface area contributed by atoms with Crippen LogP contribution in [-0.4, -0.2) is 47.1 Å². The third-order valence-electron chi connectivity index (χ3n) is 6.03. The number of aliphatic imine (C=N–C) groups is 1. The molecule has 3 aromatic carbocycles. The van der Waals surface area contributed by atoms with E-state index in [4.69, 9.17) is 4.74 Å². The molecule has 2 heterocycles. The first-order valence-corrected chi connectivity index (χ1v) is 12.4. The summed E-state index contributed by atoms with van der Waals surface area (Å²) in [5.41, 5.74) is 2.94. The molecule has 5 rings (SSSR count). The van der Waals surface area contributed by atoms with Gasteiger partial charge in [0.1, 0.15) is 12.4 Å². The molecule has 0 N–H and O–H groups in total. The van der Waals surface area contributed by atoms with Crippen molar-refractivity contribution in [3.05, 3.63) is 105 Å². The number of rotatable bonds is 6. The van der Waals surface area contributed by atoms with Crippen molar-refractivity contribution in [3.63, 3.8) is 0 Å². The fraction of sp³-hybridized carbons (Fsp3) is 0.185. The number of carbonyl (C=O) groups excluding carboxylic acids is 1. The summed E-state index contributed by atoms with van der Waals surface area (Å²) >= 11 is 1.38. The Bertz CT molecular complexity index is 1320. The minimum Gasteiger partial charge on any atom is -0.488 e. The maximum absolute atomic E-state index is 12.7. The van der Waals surface area contributed by atoms with Crippen LogP contribution in [-0.2, 0) is 11.4 Å². The molecular weight excluding hydrogens is 476 g/mol. The zero-order valence-electron chi connectivity index (χ0n) is 19.4. The Morgan fingerprint density at radius 1 is 0.917 bits per heavy atom. The number of thioether (sulfide) groups is 1. The molecule has 0 radical (unpaired) electrons. The van der Waals surface area contributed by atoms with Crippen molar-refractivity contribution >= 4 is 40.3 Å². The van der Waals surface area contributed by atoms with Gasteiger partial charge in [0, 0.05) is 49.6 Å². The number of amides is 1. The number of carbonyl (C=O) groups is 1. The van der Waals surface area contributed by atoms with Gasteiger partial charge in [-0.05, 0) is 41.6 Å². The van der Waals surface area contributed by atoms with Crippen LogP contribution in [0.1, 0.15) is 11.1 Å². The molecule has 2 aliphatic rings. The van der Waals surface area contributed by atoms with Crippen molar-refractivity contribution in [1.82, 2.24) is 4.90 Å². The molecule has 0 saturated carbocycles. The van der Waals surface area contributed by atoms with E-state index in [9.17, 15) is 14.9 Å². The summed E-state index contributed by atoms with van der Waals surface area (Å²) in [4.78, 5) is 32.3. The van der Waals surface area contributed by atoms with E-state index >= 15 is 0 Å². The first kappa shape index (κ1) is 23.6. The summed E-state index contributed by atoms with van der Waals surface area (Å²) in [6, 6.07) is 24.2. The molecule has 0 bridgehead atoms. The van der Waals surface area contributed by atoms with Crippen LogP contribution in [0.3, 0.4) is 0 Å². The lowest BCUT2D eigenvalue weighted by Crippen LogP contribution is -2.47. The van der Waals surface area contributed by atoms with Crippen LogP contribution in [0.15, 0.2) is 88.8 Å². The number of non-ortho nitro benzene ring substituents is 1. The smallest absolute Gasteiger partial charge is 0.286 e. The van der Waals surface area contributed by atoms with Gasteiger partial charge in [-0.3, -0.25) is 14.9 Å². The fourth-order valence-electron chi connectivity index (χ4n) is 4.08. The van der Waals surface area contributed by atoms with Crippen molar-refractivity contribution in [2.45, 2.75) is 6.61 Å². The van der Waals surface area contributed by atoms with E-state index in [0.717, 1.165) is 29.9 Å². The predicted molar refractivity (Wildman–Crippen MR) is 142 cm³/mol. The molecule has 36 heavy (non-hydrogen) atoms. The molecule has 1 fully saturated rings. The van der Waals surface area contributed by atoms with Crippen molar-refractivity contribution in [2.75, 3.05) is 31.1 Å². The second-order valence-corrected chi connectivity index (χ2v) is 9.38. The zero-order valence-corrected chi connectivity index (χ0v) is 20.3. The molecule has 0 aliphatic carbocycles. The van der Waals surface area contributed by atoms with Gasteiger partial charge in [-0.25, -0.2) is 0 Å². The molecule has 8 nitrogen and oxygen atoms in total. The number of hydrogen-bond donors (Lipinski definition) is 0. The monoisotopic (exact) mass is 500 g/mol. The van der Waals surface area contributed by atoms with E-state index in [0.29, 0.717) is 35.5 Å². The van der Waals surface area contributed by atoms with Gasteiger partial charge < -0.3 is 14.5 Å². The molecule has 0 unspecified atom stereocenters. The van der Waals surface area contributed by atoms with Crippen LogP contribution >= 0.6 is 11.8 Å². The van der Waals surface area contributed by atoms with E-state index in [1.807, 2.05) is 60.7 Å². The number of benzene rings is 3. The Morgan fingerprint density at radius 2 is 1.58 bits per heavy atom. The van der Waals surface area contributed by atoms with Crippen LogP contribution in [0.5, 0.6) is 5.75 Å². The lowest BCUT2D eigenvalue weighted by Gasteiger charge is -2.36. The summed E-state index contributed by atoms with van der Waals surface area (Å²) in [5, 5.41) is 11.6. The third-order valence-corrected chi connectivity index (χ3v) is 7.07. The molecule has 0 atom stereocenters. The Kier molecular flexibility index (Phi) is 6.99. The molecule has 182 valence electrons. The van der Waals surface area contributed by atoms with Gasteiger partial charge in [0.2, 0.25) is 0 Å². The number of hydrogen-bond acceptors (Lipinski definition) is 7. The molecule has 0 aromatic heterocycles. The summed E-state index contributed by atoms with van der Waals surface area (Å²) in [5.74, 6) is 0.470. The third kappa shape index (κ3) is 5.41. The Balaban J connectivity index is 1.21. The van der Waals surface area contributed by atoms with Crippen molar-refractivity contribution in [2.24, 2.45) is 4.99 Å². The Hall–Kier alpha value is -4.11. The van der Waals surface area contributed by atoms with Crippen molar-refractivity contribution in [3.8, 4) is 5.75 Å². The molecule has 1 amide bonds. The lowest BCUT2D eigenvalue weighted by molar-refractivity contribution is -0.384. The maximum atomic E-state index is 12.7. The average Bonchev–Trinajstić information content (AvgIpc) is 3.29. The molecule has 2 aliphatic heterocycles. The normalized spacial score (nSPS) is 16.8.